The minimum Gasteiger partial charge on any atom is -0.383 e. The Bertz CT molecular complexity index is 563. The van der Waals surface area contributed by atoms with Crippen molar-refractivity contribution in [2.45, 2.75) is 26.3 Å². The van der Waals surface area contributed by atoms with Gasteiger partial charge in [0.05, 0.1) is 5.69 Å². The van der Waals surface area contributed by atoms with Crippen LogP contribution >= 0.6 is 0 Å². The lowest BCUT2D eigenvalue weighted by Crippen LogP contribution is -2.06. The first-order valence-electron chi connectivity index (χ1n) is 5.99. The molecule has 0 saturated carbocycles. The number of nitrogen functional groups attached to an aromatic ring is 1. The predicted molar refractivity (Wildman–Crippen MR) is 70.9 cm³/mol. The first-order valence-corrected chi connectivity index (χ1v) is 5.99. The Kier molecular flexibility index (Phi) is 3.63. The van der Waals surface area contributed by atoms with E-state index in [9.17, 15) is 0 Å². The van der Waals surface area contributed by atoms with E-state index in [2.05, 4.69) is 23.3 Å². The lowest BCUT2D eigenvalue weighted by Gasteiger charge is -2.04. The second-order valence-electron chi connectivity index (χ2n) is 4.27. The largest absolute Gasteiger partial charge is 0.383 e. The van der Waals surface area contributed by atoms with Crippen LogP contribution in [0.4, 0.5) is 5.82 Å². The third kappa shape index (κ3) is 2.51. The average Bonchev–Trinajstić information content (AvgIpc) is 2.65. The molecule has 0 spiro atoms. The lowest BCUT2D eigenvalue weighted by molar-refractivity contribution is 0.582. The second-order valence-corrected chi connectivity index (χ2v) is 4.27. The Morgan fingerprint density at radius 3 is 2.67 bits per heavy atom. The highest BCUT2D eigenvalue weighted by atomic mass is 15.3. The Balaban J connectivity index is 1.97. The van der Waals surface area contributed by atoms with Gasteiger partial charge in [-0.25, -0.2) is 4.68 Å². The van der Waals surface area contributed by atoms with Crippen LogP contribution in [0.3, 0.4) is 0 Å². The van der Waals surface area contributed by atoms with Gasteiger partial charge < -0.3 is 5.73 Å². The van der Waals surface area contributed by atoms with Crippen LogP contribution in [0.1, 0.15) is 23.2 Å². The summed E-state index contributed by atoms with van der Waals surface area (Å²) in [5.41, 5.74) is 8.38. The average molecular weight is 240 g/mol. The molecule has 1 aromatic carbocycles. The molecule has 0 aliphatic rings. The van der Waals surface area contributed by atoms with Crippen molar-refractivity contribution in [1.29, 1.82) is 5.26 Å². The lowest BCUT2D eigenvalue weighted by atomic mass is 10.1. The smallest absolute Gasteiger partial charge is 0.140 e. The molecule has 0 aliphatic carbocycles. The molecular formula is C14H16N4. The summed E-state index contributed by atoms with van der Waals surface area (Å²) in [5.74, 6) is 0.475. The standard InChI is InChI=1S/C14H16N4/c1-11-13(10-15)14(16)18(17-11)9-5-8-12-6-3-2-4-7-12/h2-4,6-7H,5,8-9,16H2,1H3. The number of hydrogen-bond donors (Lipinski definition) is 1. The molecule has 4 heteroatoms. The summed E-state index contributed by atoms with van der Waals surface area (Å²) >= 11 is 0. The van der Waals surface area contributed by atoms with Crippen LogP contribution in [0.2, 0.25) is 0 Å². The molecule has 0 bridgehead atoms. The van der Waals surface area contributed by atoms with Crippen LogP contribution in [0, 0.1) is 18.3 Å². The van der Waals surface area contributed by atoms with Gasteiger partial charge >= 0.3 is 0 Å². The normalized spacial score (nSPS) is 10.2. The molecule has 4 nitrogen and oxygen atoms in total. The highest BCUT2D eigenvalue weighted by Crippen LogP contribution is 2.15. The fraction of sp³-hybridized carbons (Fsp3) is 0.286. The van der Waals surface area contributed by atoms with Crippen molar-refractivity contribution in [2.24, 2.45) is 0 Å². The molecule has 0 fully saturated rings. The number of nitriles is 1. The molecule has 0 atom stereocenters. The topological polar surface area (TPSA) is 67.6 Å². The number of nitrogens with zero attached hydrogens (tertiary/aromatic N) is 3. The van der Waals surface area contributed by atoms with Crippen molar-refractivity contribution in [1.82, 2.24) is 9.78 Å². The summed E-state index contributed by atoms with van der Waals surface area (Å²) in [6.45, 7) is 2.55. The zero-order valence-electron chi connectivity index (χ0n) is 10.4. The second kappa shape index (κ2) is 5.37. The number of aromatic nitrogens is 2. The monoisotopic (exact) mass is 240 g/mol. The molecule has 0 amide bonds. The highest BCUT2D eigenvalue weighted by Gasteiger charge is 2.10. The molecule has 0 radical (unpaired) electrons. The zero-order chi connectivity index (χ0) is 13.0. The summed E-state index contributed by atoms with van der Waals surface area (Å²) < 4.78 is 1.72. The van der Waals surface area contributed by atoms with E-state index in [-0.39, 0.29) is 0 Å². The van der Waals surface area contributed by atoms with E-state index < -0.39 is 0 Å². The summed E-state index contributed by atoms with van der Waals surface area (Å²) in [6, 6.07) is 12.4. The van der Waals surface area contributed by atoms with Gasteiger partial charge in [0, 0.05) is 6.54 Å². The maximum atomic E-state index is 8.93. The zero-order valence-corrected chi connectivity index (χ0v) is 10.4. The van der Waals surface area contributed by atoms with Crippen molar-refractivity contribution in [3.8, 4) is 6.07 Å². The van der Waals surface area contributed by atoms with Crippen LogP contribution in [0.5, 0.6) is 0 Å². The quantitative estimate of drug-likeness (QED) is 0.891. The van der Waals surface area contributed by atoms with Gasteiger partial charge in [0.25, 0.3) is 0 Å². The summed E-state index contributed by atoms with van der Waals surface area (Å²) in [4.78, 5) is 0. The number of anilines is 1. The fourth-order valence-electron chi connectivity index (χ4n) is 1.99. The molecule has 0 unspecified atom stereocenters. The van der Waals surface area contributed by atoms with Crippen molar-refractivity contribution in [3.05, 3.63) is 47.2 Å². The van der Waals surface area contributed by atoms with Gasteiger partial charge in [0.2, 0.25) is 0 Å². The molecule has 92 valence electrons. The first kappa shape index (κ1) is 12.2. The van der Waals surface area contributed by atoms with Crippen molar-refractivity contribution < 1.29 is 0 Å². The number of aryl methyl sites for hydroxylation is 3. The van der Waals surface area contributed by atoms with E-state index in [1.54, 1.807) is 4.68 Å². The van der Waals surface area contributed by atoms with Gasteiger partial charge in [-0.15, -0.1) is 0 Å². The molecule has 0 saturated heterocycles. The summed E-state index contributed by atoms with van der Waals surface area (Å²) in [6.07, 6.45) is 1.95. The third-order valence-corrected chi connectivity index (χ3v) is 2.96. The van der Waals surface area contributed by atoms with Crippen molar-refractivity contribution in [3.63, 3.8) is 0 Å². The van der Waals surface area contributed by atoms with Gasteiger partial charge in [-0.05, 0) is 25.3 Å². The van der Waals surface area contributed by atoms with E-state index in [0.717, 1.165) is 19.4 Å². The third-order valence-electron chi connectivity index (χ3n) is 2.96. The van der Waals surface area contributed by atoms with Crippen LogP contribution in [-0.4, -0.2) is 9.78 Å². The van der Waals surface area contributed by atoms with Crippen molar-refractivity contribution >= 4 is 5.82 Å². The van der Waals surface area contributed by atoms with Gasteiger partial charge in [0.1, 0.15) is 17.5 Å². The van der Waals surface area contributed by atoms with Gasteiger partial charge in [-0.3, -0.25) is 0 Å². The Morgan fingerprint density at radius 1 is 1.33 bits per heavy atom. The van der Waals surface area contributed by atoms with Crippen LogP contribution in [-0.2, 0) is 13.0 Å². The van der Waals surface area contributed by atoms with Crippen molar-refractivity contribution in [2.75, 3.05) is 5.73 Å². The molecule has 1 aromatic heterocycles. The van der Waals surface area contributed by atoms with Gasteiger partial charge in [-0.2, -0.15) is 10.4 Å². The van der Waals surface area contributed by atoms with E-state index in [1.165, 1.54) is 5.56 Å². The van der Waals surface area contributed by atoms with Crippen LogP contribution in [0.25, 0.3) is 0 Å². The van der Waals surface area contributed by atoms with Gasteiger partial charge in [0.15, 0.2) is 0 Å². The van der Waals surface area contributed by atoms with E-state index in [4.69, 9.17) is 11.0 Å². The minimum atomic E-state index is 0.475. The first-order chi connectivity index (χ1) is 8.72. The maximum absolute atomic E-state index is 8.93. The van der Waals surface area contributed by atoms with Crippen LogP contribution < -0.4 is 5.73 Å². The summed E-state index contributed by atoms with van der Waals surface area (Å²) in [7, 11) is 0. The molecule has 2 aromatic rings. The number of rotatable bonds is 4. The Labute approximate surface area is 107 Å². The molecule has 2 rings (SSSR count). The number of benzene rings is 1. The van der Waals surface area contributed by atoms with Crippen LogP contribution in [0.15, 0.2) is 30.3 Å². The predicted octanol–water partition coefficient (Wildman–Crippen LogP) is 2.28. The molecule has 1 heterocycles. The number of nitrogens with two attached hydrogens (primary N) is 1. The highest BCUT2D eigenvalue weighted by molar-refractivity contribution is 5.51. The maximum Gasteiger partial charge on any atom is 0.140 e. The summed E-state index contributed by atoms with van der Waals surface area (Å²) in [5, 5.41) is 13.2. The molecule has 0 aliphatic heterocycles. The van der Waals surface area contributed by atoms with E-state index >= 15 is 0 Å². The van der Waals surface area contributed by atoms with Gasteiger partial charge in [-0.1, -0.05) is 30.3 Å². The SMILES string of the molecule is Cc1nn(CCCc2ccccc2)c(N)c1C#N. The molecule has 2 N–H and O–H groups in total. The fourth-order valence-corrected chi connectivity index (χ4v) is 1.99. The molecule has 18 heavy (non-hydrogen) atoms. The molecular weight excluding hydrogens is 224 g/mol. The number of hydrogen-bond acceptors (Lipinski definition) is 3. The van der Waals surface area contributed by atoms with E-state index in [1.807, 2.05) is 25.1 Å². The minimum absolute atomic E-state index is 0.475. The Morgan fingerprint density at radius 2 is 2.06 bits per heavy atom. The van der Waals surface area contributed by atoms with E-state index in [0.29, 0.717) is 17.1 Å². The Hall–Kier alpha value is -2.28.